The number of hydrogen-bond acceptors (Lipinski definition) is 2. The molecule has 1 saturated heterocycles. The molecule has 2 aliphatic rings. The zero-order chi connectivity index (χ0) is 21.1. The van der Waals surface area contributed by atoms with Crippen LogP contribution in [0.2, 0.25) is 0 Å². The molecule has 31 heavy (non-hydrogen) atoms. The van der Waals surface area contributed by atoms with Crippen LogP contribution in [0.3, 0.4) is 0 Å². The van der Waals surface area contributed by atoms with E-state index in [1.165, 1.54) is 29.2 Å². The molecule has 1 aromatic heterocycles. The molecular formula is C26H17FN2O2. The van der Waals surface area contributed by atoms with Gasteiger partial charge < -0.3 is 4.57 Å². The molecule has 1 fully saturated rings. The highest BCUT2D eigenvalue weighted by atomic mass is 19.1. The van der Waals surface area contributed by atoms with Gasteiger partial charge in [0.05, 0.1) is 23.0 Å². The second-order valence-electron chi connectivity index (χ2n) is 7.84. The Hall–Kier alpha value is -3.99. The number of rotatable bonds is 2. The maximum atomic E-state index is 13.6. The van der Waals surface area contributed by atoms with Gasteiger partial charge in [-0.15, -0.1) is 0 Å². The summed E-state index contributed by atoms with van der Waals surface area (Å²) in [6.07, 6.45) is 3.79. The van der Waals surface area contributed by atoms with Crippen LogP contribution in [0, 0.1) is 11.7 Å². The van der Waals surface area contributed by atoms with Gasteiger partial charge in [-0.3, -0.25) is 9.59 Å². The van der Waals surface area contributed by atoms with Gasteiger partial charge >= 0.3 is 0 Å². The van der Waals surface area contributed by atoms with Crippen LogP contribution < -0.4 is 4.90 Å². The highest BCUT2D eigenvalue weighted by Crippen LogP contribution is 2.47. The first kappa shape index (κ1) is 17.8. The van der Waals surface area contributed by atoms with E-state index >= 15 is 0 Å². The lowest BCUT2D eigenvalue weighted by molar-refractivity contribution is -0.121. The van der Waals surface area contributed by atoms with Crippen molar-refractivity contribution in [2.45, 2.75) is 5.92 Å². The number of carbonyl (C=O) groups excluding carboxylic acids is 2. The van der Waals surface area contributed by atoms with Crippen LogP contribution in [0.5, 0.6) is 0 Å². The van der Waals surface area contributed by atoms with E-state index in [2.05, 4.69) is 4.57 Å². The Balaban J connectivity index is 1.59. The molecule has 1 aliphatic heterocycles. The molecular weight excluding hydrogens is 391 g/mol. The molecule has 0 spiro atoms. The summed E-state index contributed by atoms with van der Waals surface area (Å²) in [5.41, 5.74) is 4.10. The lowest BCUT2D eigenvalue weighted by atomic mass is 9.84. The zero-order valence-corrected chi connectivity index (χ0v) is 16.4. The van der Waals surface area contributed by atoms with E-state index < -0.39 is 17.7 Å². The largest absolute Gasteiger partial charge is 0.312 e. The zero-order valence-electron chi connectivity index (χ0n) is 16.4. The van der Waals surface area contributed by atoms with Gasteiger partial charge in [0, 0.05) is 22.3 Å². The molecule has 0 radical (unpaired) electrons. The van der Waals surface area contributed by atoms with Crippen molar-refractivity contribution >= 4 is 34.5 Å². The highest BCUT2D eigenvalue weighted by molar-refractivity contribution is 6.25. The van der Waals surface area contributed by atoms with Crippen LogP contribution in [0.1, 0.15) is 17.2 Å². The topological polar surface area (TPSA) is 42.3 Å². The van der Waals surface area contributed by atoms with Crippen LogP contribution >= 0.6 is 0 Å². The minimum absolute atomic E-state index is 0.284. The molecule has 150 valence electrons. The summed E-state index contributed by atoms with van der Waals surface area (Å²) in [5.74, 6) is -2.20. The monoisotopic (exact) mass is 408 g/mol. The van der Waals surface area contributed by atoms with E-state index in [0.717, 1.165) is 27.8 Å². The van der Waals surface area contributed by atoms with Gasteiger partial charge in [-0.05, 0) is 42.5 Å². The normalized spacial score (nSPS) is 19.7. The van der Waals surface area contributed by atoms with Gasteiger partial charge in [0.25, 0.3) is 0 Å². The summed E-state index contributed by atoms with van der Waals surface area (Å²) in [4.78, 5) is 28.1. The lowest BCUT2D eigenvalue weighted by Gasteiger charge is -2.21. The molecule has 0 saturated carbocycles. The summed E-state index contributed by atoms with van der Waals surface area (Å²) >= 11 is 0. The number of anilines is 1. The lowest BCUT2D eigenvalue weighted by Crippen LogP contribution is -2.30. The number of nitrogens with zero attached hydrogens (tertiary/aromatic N) is 2. The number of fused-ring (bicyclic) bond motifs is 5. The molecule has 3 aromatic carbocycles. The van der Waals surface area contributed by atoms with Crippen molar-refractivity contribution < 1.29 is 14.0 Å². The quantitative estimate of drug-likeness (QED) is 0.435. The van der Waals surface area contributed by atoms with Gasteiger partial charge in [0.2, 0.25) is 11.8 Å². The van der Waals surface area contributed by atoms with Crippen molar-refractivity contribution in [3.8, 4) is 5.69 Å². The average Bonchev–Trinajstić information content (AvgIpc) is 3.27. The Bertz CT molecular complexity index is 1390. The first-order chi connectivity index (χ1) is 15.1. The molecule has 2 amide bonds. The third-order valence-electron chi connectivity index (χ3n) is 6.17. The van der Waals surface area contributed by atoms with Gasteiger partial charge in [0.15, 0.2) is 0 Å². The van der Waals surface area contributed by atoms with E-state index in [-0.39, 0.29) is 11.8 Å². The van der Waals surface area contributed by atoms with Crippen molar-refractivity contribution in [1.82, 2.24) is 4.57 Å². The van der Waals surface area contributed by atoms with Gasteiger partial charge in [0.1, 0.15) is 5.82 Å². The smallest absolute Gasteiger partial charge is 0.244 e. The van der Waals surface area contributed by atoms with Crippen molar-refractivity contribution in [3.63, 3.8) is 0 Å². The maximum absolute atomic E-state index is 13.6. The van der Waals surface area contributed by atoms with E-state index in [4.69, 9.17) is 0 Å². The summed E-state index contributed by atoms with van der Waals surface area (Å²) in [5, 5.41) is 1.04. The molecule has 2 heterocycles. The second-order valence-corrected chi connectivity index (χ2v) is 7.84. The molecule has 2 atom stereocenters. The highest BCUT2D eigenvalue weighted by Gasteiger charge is 2.51. The molecule has 5 heteroatoms. The fraction of sp³-hybridized carbons (Fsp3) is 0.0769. The minimum atomic E-state index is -0.634. The first-order valence-corrected chi connectivity index (χ1v) is 10.2. The van der Waals surface area contributed by atoms with Crippen LogP contribution in [-0.4, -0.2) is 16.4 Å². The summed E-state index contributed by atoms with van der Waals surface area (Å²) in [6, 6.07) is 23.4. The standard InChI is InChI=1S/C26H17FN2O2/c27-16-10-12-18(13-11-16)29-25(30)21-15-14-20-19-8-4-5-9-22(19)28(17-6-2-1-3-7-17)24(20)23(21)26(29)31/h1-15,21,23H. The van der Waals surface area contributed by atoms with E-state index in [0.29, 0.717) is 5.69 Å². The molecule has 4 aromatic rings. The predicted molar refractivity (Wildman–Crippen MR) is 117 cm³/mol. The number of imide groups is 1. The number of para-hydroxylation sites is 2. The molecule has 0 bridgehead atoms. The number of carbonyl (C=O) groups is 2. The van der Waals surface area contributed by atoms with Crippen LogP contribution in [0.4, 0.5) is 10.1 Å². The SMILES string of the molecule is O=C1C2C=Cc3c(n(-c4ccccc4)c4ccccc34)C2C(=O)N1c1ccc(F)cc1. The van der Waals surface area contributed by atoms with Crippen LogP contribution in [0.15, 0.2) is 84.9 Å². The summed E-state index contributed by atoms with van der Waals surface area (Å²) in [6.45, 7) is 0. The van der Waals surface area contributed by atoms with Gasteiger partial charge in [-0.2, -0.15) is 0 Å². The minimum Gasteiger partial charge on any atom is -0.312 e. The summed E-state index contributed by atoms with van der Waals surface area (Å²) < 4.78 is 15.5. The Labute approximate surface area is 177 Å². The van der Waals surface area contributed by atoms with Crippen molar-refractivity contribution in [3.05, 3.63) is 102 Å². The fourth-order valence-corrected chi connectivity index (χ4v) is 4.84. The fourth-order valence-electron chi connectivity index (χ4n) is 4.84. The molecule has 0 N–H and O–H groups in total. The van der Waals surface area contributed by atoms with Gasteiger partial charge in [-0.25, -0.2) is 9.29 Å². The number of halogens is 1. The third kappa shape index (κ3) is 2.46. The molecule has 1 aliphatic carbocycles. The van der Waals surface area contributed by atoms with Crippen LogP contribution in [-0.2, 0) is 9.59 Å². The van der Waals surface area contributed by atoms with E-state index in [1.807, 2.05) is 66.7 Å². The van der Waals surface area contributed by atoms with E-state index in [9.17, 15) is 14.0 Å². The Morgan fingerprint density at radius 3 is 2.23 bits per heavy atom. The third-order valence-corrected chi connectivity index (χ3v) is 6.17. The molecule has 6 rings (SSSR count). The van der Waals surface area contributed by atoms with Crippen molar-refractivity contribution in [2.24, 2.45) is 5.92 Å². The number of hydrogen-bond donors (Lipinski definition) is 0. The maximum Gasteiger partial charge on any atom is 0.244 e. The van der Waals surface area contributed by atoms with Gasteiger partial charge in [-0.1, -0.05) is 48.6 Å². The number of benzene rings is 3. The molecule has 2 unspecified atom stereocenters. The number of aromatic nitrogens is 1. The number of amides is 2. The molecule has 4 nitrogen and oxygen atoms in total. The predicted octanol–water partition coefficient (Wildman–Crippen LogP) is 5.07. The summed E-state index contributed by atoms with van der Waals surface area (Å²) in [7, 11) is 0. The Kier molecular flexibility index (Phi) is 3.74. The average molecular weight is 408 g/mol. The second kappa shape index (κ2) is 6.51. The Morgan fingerprint density at radius 2 is 1.45 bits per heavy atom. The van der Waals surface area contributed by atoms with Crippen LogP contribution in [0.25, 0.3) is 22.7 Å². The van der Waals surface area contributed by atoms with E-state index in [1.54, 1.807) is 0 Å². The Morgan fingerprint density at radius 1 is 0.742 bits per heavy atom. The van der Waals surface area contributed by atoms with Crippen molar-refractivity contribution in [1.29, 1.82) is 0 Å². The van der Waals surface area contributed by atoms with Crippen molar-refractivity contribution in [2.75, 3.05) is 4.90 Å². The first-order valence-electron chi connectivity index (χ1n) is 10.2.